The van der Waals surface area contributed by atoms with Gasteiger partial charge in [-0.3, -0.25) is 4.79 Å². The van der Waals surface area contributed by atoms with Crippen LogP contribution in [0.15, 0.2) is 24.3 Å². The Morgan fingerprint density at radius 2 is 2.00 bits per heavy atom. The molecule has 1 N–H and O–H groups in total. The topological polar surface area (TPSA) is 46.5 Å². The maximum atomic E-state index is 10.7. The number of aliphatic hydroxyl groups is 1. The largest absolute Gasteiger partial charge is 0.427 e. The first kappa shape index (κ1) is 11.7. The molecule has 0 aliphatic rings. The third kappa shape index (κ3) is 4.13. The summed E-state index contributed by atoms with van der Waals surface area (Å²) in [5, 5.41) is 9.44. The van der Waals surface area contributed by atoms with Gasteiger partial charge >= 0.3 is 5.97 Å². The molecule has 3 heteroatoms. The zero-order valence-corrected chi connectivity index (χ0v) is 9.06. The monoisotopic (exact) mass is 208 g/mol. The Labute approximate surface area is 89.7 Å². The molecule has 0 radical (unpaired) electrons. The Bertz CT molecular complexity index is 316. The summed E-state index contributed by atoms with van der Waals surface area (Å²) in [6, 6.07) is 7.19. The van der Waals surface area contributed by atoms with Crippen molar-refractivity contribution in [3.05, 3.63) is 29.8 Å². The smallest absolute Gasteiger partial charge is 0.308 e. The molecule has 0 aromatic heterocycles. The number of hydrogen-bond acceptors (Lipinski definition) is 3. The first-order valence-electron chi connectivity index (χ1n) is 5.07. The van der Waals surface area contributed by atoms with Crippen molar-refractivity contribution in [2.24, 2.45) is 0 Å². The van der Waals surface area contributed by atoms with Crippen molar-refractivity contribution >= 4 is 5.97 Å². The number of esters is 1. The minimum atomic E-state index is -0.323. The lowest BCUT2D eigenvalue weighted by molar-refractivity contribution is -0.131. The van der Waals surface area contributed by atoms with Crippen molar-refractivity contribution in [1.82, 2.24) is 0 Å². The summed E-state index contributed by atoms with van der Waals surface area (Å²) in [5.41, 5.74) is 1.04. The van der Waals surface area contributed by atoms with E-state index in [1.54, 1.807) is 12.1 Å². The van der Waals surface area contributed by atoms with Crippen LogP contribution in [-0.2, 0) is 11.2 Å². The van der Waals surface area contributed by atoms with Gasteiger partial charge in [-0.1, -0.05) is 19.1 Å². The second kappa shape index (κ2) is 5.51. The molecule has 1 aromatic rings. The molecule has 1 rings (SSSR count). The van der Waals surface area contributed by atoms with Gasteiger partial charge in [-0.15, -0.1) is 0 Å². The van der Waals surface area contributed by atoms with E-state index in [-0.39, 0.29) is 12.1 Å². The highest BCUT2D eigenvalue weighted by Crippen LogP contribution is 2.14. The highest BCUT2D eigenvalue weighted by atomic mass is 16.5. The summed E-state index contributed by atoms with van der Waals surface area (Å²) in [6.45, 7) is 3.31. The van der Waals surface area contributed by atoms with Crippen molar-refractivity contribution < 1.29 is 14.6 Å². The van der Waals surface area contributed by atoms with E-state index in [1.807, 2.05) is 19.1 Å². The Morgan fingerprint density at radius 1 is 1.40 bits per heavy atom. The fraction of sp³-hybridized carbons (Fsp3) is 0.417. The summed E-state index contributed by atoms with van der Waals surface area (Å²) >= 11 is 0. The van der Waals surface area contributed by atoms with Crippen molar-refractivity contribution in [3.8, 4) is 5.75 Å². The van der Waals surface area contributed by atoms with Crippen LogP contribution in [0.25, 0.3) is 0 Å². The van der Waals surface area contributed by atoms with Gasteiger partial charge in [-0.2, -0.15) is 0 Å². The summed E-state index contributed by atoms with van der Waals surface area (Å²) in [6.07, 6.45) is 1.08. The highest BCUT2D eigenvalue weighted by molar-refractivity contribution is 5.69. The summed E-state index contributed by atoms with van der Waals surface area (Å²) < 4.78 is 4.90. The fourth-order valence-electron chi connectivity index (χ4n) is 1.28. The van der Waals surface area contributed by atoms with Crippen LogP contribution in [-0.4, -0.2) is 17.2 Å². The number of ether oxygens (including phenoxy) is 1. The van der Waals surface area contributed by atoms with Crippen molar-refractivity contribution in [1.29, 1.82) is 0 Å². The molecule has 1 unspecified atom stereocenters. The molecule has 3 nitrogen and oxygen atoms in total. The van der Waals surface area contributed by atoms with E-state index in [4.69, 9.17) is 4.74 Å². The van der Waals surface area contributed by atoms with Gasteiger partial charge in [0.25, 0.3) is 0 Å². The van der Waals surface area contributed by atoms with Gasteiger partial charge in [0, 0.05) is 6.92 Å². The van der Waals surface area contributed by atoms with E-state index in [9.17, 15) is 9.90 Å². The van der Waals surface area contributed by atoms with Gasteiger partial charge in [0.15, 0.2) is 0 Å². The Kier molecular flexibility index (Phi) is 4.31. The average Bonchev–Trinajstić information content (AvgIpc) is 2.20. The van der Waals surface area contributed by atoms with Crippen LogP contribution in [0.2, 0.25) is 0 Å². The van der Waals surface area contributed by atoms with E-state index >= 15 is 0 Å². The molecule has 0 fully saturated rings. The van der Waals surface area contributed by atoms with Gasteiger partial charge in [-0.05, 0) is 30.5 Å². The average molecular weight is 208 g/mol. The lowest BCUT2D eigenvalue weighted by atomic mass is 10.1. The zero-order chi connectivity index (χ0) is 11.3. The Balaban J connectivity index is 2.60. The van der Waals surface area contributed by atoms with Gasteiger partial charge in [0.1, 0.15) is 5.75 Å². The molecule has 15 heavy (non-hydrogen) atoms. The second-order valence-corrected chi connectivity index (χ2v) is 3.50. The molecule has 0 aliphatic heterocycles. The third-order valence-corrected chi connectivity index (χ3v) is 2.13. The minimum absolute atomic E-state index is 0.301. The third-order valence-electron chi connectivity index (χ3n) is 2.13. The minimum Gasteiger partial charge on any atom is -0.427 e. The SMILES string of the molecule is CCC(O)Cc1ccc(OC(C)=O)cc1. The quantitative estimate of drug-likeness (QED) is 0.607. The summed E-state index contributed by atoms with van der Waals surface area (Å²) in [7, 11) is 0. The van der Waals surface area contributed by atoms with E-state index in [0.717, 1.165) is 12.0 Å². The molecule has 1 aromatic carbocycles. The second-order valence-electron chi connectivity index (χ2n) is 3.50. The molecule has 0 spiro atoms. The zero-order valence-electron chi connectivity index (χ0n) is 9.06. The van der Waals surface area contributed by atoms with E-state index in [0.29, 0.717) is 12.2 Å². The van der Waals surface area contributed by atoms with Crippen LogP contribution < -0.4 is 4.74 Å². The molecule has 82 valence electrons. The Morgan fingerprint density at radius 3 is 2.47 bits per heavy atom. The predicted molar refractivity (Wildman–Crippen MR) is 57.8 cm³/mol. The number of hydrogen-bond donors (Lipinski definition) is 1. The molecule has 0 saturated carbocycles. The molecule has 0 aliphatic carbocycles. The van der Waals surface area contributed by atoms with Crippen molar-refractivity contribution in [2.45, 2.75) is 32.8 Å². The molecule has 0 bridgehead atoms. The maximum Gasteiger partial charge on any atom is 0.308 e. The van der Waals surface area contributed by atoms with Crippen LogP contribution in [0.4, 0.5) is 0 Å². The van der Waals surface area contributed by atoms with Crippen LogP contribution in [0.1, 0.15) is 25.8 Å². The molecule has 0 heterocycles. The summed E-state index contributed by atoms with van der Waals surface area (Å²) in [4.78, 5) is 10.7. The fourth-order valence-corrected chi connectivity index (χ4v) is 1.28. The number of carbonyl (C=O) groups excluding carboxylic acids is 1. The van der Waals surface area contributed by atoms with Gasteiger partial charge < -0.3 is 9.84 Å². The predicted octanol–water partition coefficient (Wildman–Crippen LogP) is 1.93. The number of aliphatic hydroxyl groups excluding tert-OH is 1. The van der Waals surface area contributed by atoms with Crippen LogP contribution in [0.5, 0.6) is 5.75 Å². The lowest BCUT2D eigenvalue weighted by Gasteiger charge is -2.08. The van der Waals surface area contributed by atoms with Gasteiger partial charge in [-0.25, -0.2) is 0 Å². The van der Waals surface area contributed by atoms with Crippen LogP contribution in [0, 0.1) is 0 Å². The standard InChI is InChI=1S/C12H16O3/c1-3-11(14)8-10-4-6-12(7-5-10)15-9(2)13/h4-7,11,14H,3,8H2,1-2H3. The van der Waals surface area contributed by atoms with E-state index in [1.165, 1.54) is 6.92 Å². The molecule has 0 saturated heterocycles. The first-order valence-corrected chi connectivity index (χ1v) is 5.07. The normalized spacial score (nSPS) is 12.2. The maximum absolute atomic E-state index is 10.7. The van der Waals surface area contributed by atoms with Crippen LogP contribution in [0.3, 0.4) is 0 Å². The van der Waals surface area contributed by atoms with E-state index < -0.39 is 0 Å². The molecular formula is C12H16O3. The first-order chi connectivity index (χ1) is 7.11. The van der Waals surface area contributed by atoms with E-state index in [2.05, 4.69) is 0 Å². The lowest BCUT2D eigenvalue weighted by Crippen LogP contribution is -2.08. The number of rotatable bonds is 4. The van der Waals surface area contributed by atoms with Crippen molar-refractivity contribution in [2.75, 3.05) is 0 Å². The van der Waals surface area contributed by atoms with Crippen molar-refractivity contribution in [3.63, 3.8) is 0 Å². The molecule has 1 atom stereocenters. The molecule has 0 amide bonds. The number of benzene rings is 1. The van der Waals surface area contributed by atoms with Crippen LogP contribution >= 0.6 is 0 Å². The van der Waals surface area contributed by atoms with Gasteiger partial charge in [0.2, 0.25) is 0 Å². The summed E-state index contributed by atoms with van der Waals surface area (Å²) in [5.74, 6) is 0.216. The Hall–Kier alpha value is -1.35. The molecular weight excluding hydrogens is 192 g/mol. The highest BCUT2D eigenvalue weighted by Gasteiger charge is 2.03. The van der Waals surface area contributed by atoms with Gasteiger partial charge in [0.05, 0.1) is 6.10 Å². The number of carbonyl (C=O) groups is 1.